The third-order valence-electron chi connectivity index (χ3n) is 5.00. The summed E-state index contributed by atoms with van der Waals surface area (Å²) in [4.78, 5) is 4.39. The molecular weight excluding hydrogens is 293 g/mol. The molecule has 1 aromatic heterocycles. The lowest BCUT2D eigenvalue weighted by Crippen LogP contribution is -2.28. The van der Waals surface area contributed by atoms with Crippen molar-refractivity contribution in [1.29, 1.82) is 0 Å². The summed E-state index contributed by atoms with van der Waals surface area (Å²) in [5, 5.41) is 7.46. The first-order valence-corrected chi connectivity index (χ1v) is 8.20. The van der Waals surface area contributed by atoms with Crippen molar-refractivity contribution in [2.45, 2.75) is 25.8 Å². The third-order valence-corrected chi connectivity index (χ3v) is 5.00. The normalized spacial score (nSPS) is 26.8. The zero-order valence-corrected chi connectivity index (χ0v) is 13.1. The van der Waals surface area contributed by atoms with Crippen LogP contribution in [0.2, 0.25) is 0 Å². The summed E-state index contributed by atoms with van der Waals surface area (Å²) in [6.07, 6.45) is 7.30. The van der Waals surface area contributed by atoms with Gasteiger partial charge in [0.2, 0.25) is 11.7 Å². The zero-order chi connectivity index (χ0) is 15.8. The Labute approximate surface area is 134 Å². The van der Waals surface area contributed by atoms with Gasteiger partial charge in [0.1, 0.15) is 5.82 Å². The van der Waals surface area contributed by atoms with E-state index >= 15 is 0 Å². The van der Waals surface area contributed by atoms with E-state index < -0.39 is 0 Å². The number of aromatic nitrogens is 2. The van der Waals surface area contributed by atoms with E-state index in [4.69, 9.17) is 4.52 Å². The molecule has 2 bridgehead atoms. The zero-order valence-electron chi connectivity index (χ0n) is 13.1. The van der Waals surface area contributed by atoms with E-state index in [0.29, 0.717) is 23.2 Å². The van der Waals surface area contributed by atoms with Gasteiger partial charge in [-0.15, -0.1) is 0 Å². The van der Waals surface area contributed by atoms with Crippen molar-refractivity contribution in [2.75, 3.05) is 6.54 Å². The molecule has 23 heavy (non-hydrogen) atoms. The summed E-state index contributed by atoms with van der Waals surface area (Å²) < 4.78 is 18.6. The molecule has 5 heteroatoms. The first kappa shape index (κ1) is 14.6. The van der Waals surface area contributed by atoms with Crippen LogP contribution < -0.4 is 5.32 Å². The van der Waals surface area contributed by atoms with Crippen molar-refractivity contribution in [1.82, 2.24) is 15.5 Å². The van der Waals surface area contributed by atoms with Gasteiger partial charge in [-0.1, -0.05) is 29.4 Å². The number of allylic oxidation sites excluding steroid dienone is 2. The highest BCUT2D eigenvalue weighted by Gasteiger charge is 2.35. The minimum Gasteiger partial charge on any atom is -0.337 e. The van der Waals surface area contributed by atoms with E-state index in [2.05, 4.69) is 27.6 Å². The molecule has 2 aliphatic rings. The van der Waals surface area contributed by atoms with Crippen molar-refractivity contribution in [3.05, 3.63) is 48.1 Å². The maximum Gasteiger partial charge on any atom is 0.243 e. The average Bonchev–Trinajstić information content (AvgIpc) is 3.28. The fourth-order valence-corrected chi connectivity index (χ4v) is 3.70. The molecule has 4 atom stereocenters. The number of nitrogens with zero attached hydrogens (tertiary/aromatic N) is 2. The first-order valence-electron chi connectivity index (χ1n) is 8.20. The fraction of sp³-hybridized carbons (Fsp3) is 0.444. The lowest BCUT2D eigenvalue weighted by Gasteiger charge is -2.20. The Morgan fingerprint density at radius 3 is 3.00 bits per heavy atom. The van der Waals surface area contributed by atoms with Crippen molar-refractivity contribution in [3.8, 4) is 11.4 Å². The van der Waals surface area contributed by atoms with Crippen LogP contribution >= 0.6 is 0 Å². The van der Waals surface area contributed by atoms with Gasteiger partial charge in [0.05, 0.1) is 6.04 Å². The molecule has 4 nitrogen and oxygen atoms in total. The van der Waals surface area contributed by atoms with Gasteiger partial charge in [-0.2, -0.15) is 4.98 Å². The van der Waals surface area contributed by atoms with E-state index in [1.54, 1.807) is 12.1 Å². The second kappa shape index (κ2) is 5.89. The molecule has 0 aliphatic heterocycles. The van der Waals surface area contributed by atoms with Crippen LogP contribution in [-0.4, -0.2) is 16.7 Å². The molecule has 2 aromatic rings. The lowest BCUT2D eigenvalue weighted by molar-refractivity contribution is 0.319. The number of nitrogens with one attached hydrogen (secondary N) is 1. The topological polar surface area (TPSA) is 51.0 Å². The smallest absolute Gasteiger partial charge is 0.243 e. The maximum atomic E-state index is 13.3. The van der Waals surface area contributed by atoms with Crippen LogP contribution in [0.1, 0.15) is 31.7 Å². The van der Waals surface area contributed by atoms with Gasteiger partial charge < -0.3 is 9.84 Å². The molecule has 4 unspecified atom stereocenters. The highest BCUT2D eigenvalue weighted by molar-refractivity contribution is 5.53. The maximum absolute atomic E-state index is 13.3. The Hall–Kier alpha value is -2.01. The summed E-state index contributed by atoms with van der Waals surface area (Å²) in [6, 6.07) is 6.22. The molecule has 0 spiro atoms. The molecule has 0 radical (unpaired) electrons. The second-order valence-corrected chi connectivity index (χ2v) is 6.64. The van der Waals surface area contributed by atoms with Gasteiger partial charge >= 0.3 is 0 Å². The predicted molar refractivity (Wildman–Crippen MR) is 85.0 cm³/mol. The minimum absolute atomic E-state index is 0.00656. The van der Waals surface area contributed by atoms with Crippen LogP contribution in [0.5, 0.6) is 0 Å². The highest BCUT2D eigenvalue weighted by atomic mass is 19.1. The van der Waals surface area contributed by atoms with E-state index in [1.807, 2.05) is 6.92 Å². The molecule has 1 N–H and O–H groups in total. The summed E-state index contributed by atoms with van der Waals surface area (Å²) in [6.45, 7) is 2.98. The molecular formula is C18H20FN3O. The number of fused-ring (bicyclic) bond motifs is 2. The monoisotopic (exact) mass is 313 g/mol. The van der Waals surface area contributed by atoms with Gasteiger partial charge in [-0.3, -0.25) is 0 Å². The Morgan fingerprint density at radius 1 is 1.35 bits per heavy atom. The van der Waals surface area contributed by atoms with Crippen LogP contribution in [0.3, 0.4) is 0 Å². The Morgan fingerprint density at radius 2 is 2.26 bits per heavy atom. The van der Waals surface area contributed by atoms with Crippen LogP contribution in [-0.2, 0) is 0 Å². The molecule has 1 aromatic carbocycles. The van der Waals surface area contributed by atoms with Crippen molar-refractivity contribution in [2.24, 2.45) is 17.8 Å². The summed E-state index contributed by atoms with van der Waals surface area (Å²) in [5.41, 5.74) is 0.630. The highest BCUT2D eigenvalue weighted by Crippen LogP contribution is 2.43. The molecule has 2 aliphatic carbocycles. The van der Waals surface area contributed by atoms with Crippen molar-refractivity contribution < 1.29 is 8.91 Å². The standard InChI is InChI=1S/C18H20FN3O/c1-11(20-10-15-8-12-5-6-13(15)7-12)18-21-17(22-23-18)14-3-2-4-16(19)9-14/h2-6,9,11-13,15,20H,7-8,10H2,1H3. The number of hydrogen-bond donors (Lipinski definition) is 1. The van der Waals surface area contributed by atoms with Crippen LogP contribution in [0.25, 0.3) is 11.4 Å². The van der Waals surface area contributed by atoms with Gasteiger partial charge in [0.15, 0.2) is 0 Å². The van der Waals surface area contributed by atoms with Gasteiger partial charge in [0, 0.05) is 5.56 Å². The molecule has 120 valence electrons. The molecule has 0 saturated heterocycles. The van der Waals surface area contributed by atoms with Gasteiger partial charge in [-0.25, -0.2) is 4.39 Å². The number of halogens is 1. The molecule has 1 fully saturated rings. The SMILES string of the molecule is CC(NCC1CC2C=CC1C2)c1nc(-c2cccc(F)c2)no1. The fourth-order valence-electron chi connectivity index (χ4n) is 3.70. The van der Waals surface area contributed by atoms with Gasteiger partial charge in [0.25, 0.3) is 0 Å². The Balaban J connectivity index is 1.39. The van der Waals surface area contributed by atoms with E-state index in [-0.39, 0.29) is 11.9 Å². The van der Waals surface area contributed by atoms with E-state index in [1.165, 1.54) is 25.0 Å². The number of hydrogen-bond acceptors (Lipinski definition) is 4. The van der Waals surface area contributed by atoms with Crippen LogP contribution in [0, 0.1) is 23.6 Å². The van der Waals surface area contributed by atoms with E-state index in [0.717, 1.165) is 18.4 Å². The van der Waals surface area contributed by atoms with Gasteiger partial charge in [-0.05, 0) is 56.2 Å². The molecule has 1 heterocycles. The van der Waals surface area contributed by atoms with Crippen LogP contribution in [0.15, 0.2) is 40.9 Å². The quantitative estimate of drug-likeness (QED) is 0.854. The number of rotatable bonds is 5. The molecule has 1 saturated carbocycles. The number of benzene rings is 1. The largest absolute Gasteiger partial charge is 0.337 e. The summed E-state index contributed by atoms with van der Waals surface area (Å²) in [5.74, 6) is 2.89. The summed E-state index contributed by atoms with van der Waals surface area (Å²) >= 11 is 0. The Kier molecular flexibility index (Phi) is 3.73. The third kappa shape index (κ3) is 2.93. The molecule has 4 rings (SSSR count). The van der Waals surface area contributed by atoms with Crippen LogP contribution in [0.4, 0.5) is 4.39 Å². The van der Waals surface area contributed by atoms with Crippen molar-refractivity contribution >= 4 is 0 Å². The summed E-state index contributed by atoms with van der Waals surface area (Å²) in [7, 11) is 0. The average molecular weight is 313 g/mol. The predicted octanol–water partition coefficient (Wildman–Crippen LogP) is 3.74. The minimum atomic E-state index is -0.302. The Bertz CT molecular complexity index is 727. The second-order valence-electron chi connectivity index (χ2n) is 6.64. The van der Waals surface area contributed by atoms with E-state index in [9.17, 15) is 4.39 Å². The lowest BCUT2D eigenvalue weighted by atomic mass is 9.93. The van der Waals surface area contributed by atoms with Crippen molar-refractivity contribution in [3.63, 3.8) is 0 Å². The molecule has 0 amide bonds. The first-order chi connectivity index (χ1) is 11.2.